The number of aromatic nitrogens is 4. The van der Waals surface area contributed by atoms with Crippen molar-refractivity contribution in [1.29, 1.82) is 0 Å². The topological polar surface area (TPSA) is 50.1 Å². The molecule has 6 nitrogen and oxygen atoms in total. The van der Waals surface area contributed by atoms with Gasteiger partial charge in [0.25, 0.3) is 0 Å². The third-order valence-electron chi connectivity index (χ3n) is 4.56. The van der Waals surface area contributed by atoms with E-state index in [9.17, 15) is 0 Å². The van der Waals surface area contributed by atoms with Crippen molar-refractivity contribution in [1.82, 2.24) is 25.1 Å². The second-order valence-electron chi connectivity index (χ2n) is 6.37. The molecule has 0 spiro atoms. The quantitative estimate of drug-likeness (QED) is 0.607. The van der Waals surface area contributed by atoms with E-state index in [0.29, 0.717) is 15.9 Å². The van der Waals surface area contributed by atoms with Crippen LogP contribution in [-0.2, 0) is 0 Å². The van der Waals surface area contributed by atoms with Gasteiger partial charge in [-0.25, -0.2) is 0 Å². The van der Waals surface area contributed by atoms with Gasteiger partial charge in [0.05, 0.1) is 15.7 Å². The largest absolute Gasteiger partial charge is 0.374 e. The lowest BCUT2D eigenvalue weighted by Crippen LogP contribution is -2.44. The van der Waals surface area contributed by atoms with Crippen LogP contribution >= 0.6 is 34.8 Å². The van der Waals surface area contributed by atoms with E-state index in [-0.39, 0.29) is 0 Å². The lowest BCUT2D eigenvalue weighted by molar-refractivity contribution is 0.351. The van der Waals surface area contributed by atoms with Gasteiger partial charge >= 0.3 is 0 Å². The van der Waals surface area contributed by atoms with E-state index >= 15 is 0 Å². The molecule has 0 amide bonds. The highest BCUT2D eigenvalue weighted by Gasteiger charge is 2.15. The number of hydrogen-bond donors (Lipinski definition) is 0. The van der Waals surface area contributed by atoms with Gasteiger partial charge in [0.15, 0.2) is 5.82 Å². The SMILES string of the molecule is Clc1cccc(N2CCN(/C=C/c3nnnn3-c3ccc(Cl)c(Cl)c3)CC2)c1. The van der Waals surface area contributed by atoms with E-state index in [0.717, 1.165) is 42.6 Å². The van der Waals surface area contributed by atoms with Crippen molar-refractivity contribution in [2.45, 2.75) is 0 Å². The van der Waals surface area contributed by atoms with Crippen LogP contribution in [0.25, 0.3) is 11.8 Å². The van der Waals surface area contributed by atoms with Crippen LogP contribution in [0.3, 0.4) is 0 Å². The minimum absolute atomic E-state index is 0.460. The molecule has 4 rings (SSSR count). The van der Waals surface area contributed by atoms with E-state index in [1.54, 1.807) is 16.8 Å². The molecule has 1 aromatic heterocycles. The van der Waals surface area contributed by atoms with Crippen molar-refractivity contribution in [3.63, 3.8) is 0 Å². The Morgan fingerprint density at radius 3 is 2.43 bits per heavy atom. The smallest absolute Gasteiger partial charge is 0.181 e. The Hall–Kier alpha value is -2.28. The van der Waals surface area contributed by atoms with Crippen LogP contribution in [0, 0.1) is 0 Å². The van der Waals surface area contributed by atoms with E-state index in [2.05, 4.69) is 31.4 Å². The molecule has 144 valence electrons. The predicted molar refractivity (Wildman–Crippen MR) is 113 cm³/mol. The van der Waals surface area contributed by atoms with E-state index < -0.39 is 0 Å². The van der Waals surface area contributed by atoms with Crippen LogP contribution in [0.1, 0.15) is 5.82 Å². The van der Waals surface area contributed by atoms with Crippen LogP contribution in [0.2, 0.25) is 15.1 Å². The molecule has 1 fully saturated rings. The first-order chi connectivity index (χ1) is 13.6. The Labute approximate surface area is 177 Å². The number of rotatable bonds is 4. The molecule has 2 aromatic carbocycles. The fraction of sp³-hybridized carbons (Fsp3) is 0.211. The molecule has 0 aliphatic carbocycles. The van der Waals surface area contributed by atoms with Crippen molar-refractivity contribution in [3.8, 4) is 5.69 Å². The standard InChI is InChI=1S/C19H17Cl3N6/c20-14-2-1-3-15(12-14)27-10-8-26(9-11-27)7-6-19-23-24-25-28(19)16-4-5-17(21)18(22)13-16/h1-7,12-13H,8-11H2/b7-6+. The Morgan fingerprint density at radius 2 is 1.68 bits per heavy atom. The molecule has 0 atom stereocenters. The number of benzene rings is 2. The van der Waals surface area contributed by atoms with Gasteiger partial charge in [0.2, 0.25) is 0 Å². The maximum atomic E-state index is 6.10. The number of hydrogen-bond acceptors (Lipinski definition) is 5. The molecular formula is C19H17Cl3N6. The summed E-state index contributed by atoms with van der Waals surface area (Å²) in [7, 11) is 0. The molecule has 9 heteroatoms. The first-order valence-corrected chi connectivity index (χ1v) is 9.90. The molecule has 1 saturated heterocycles. The number of halogens is 3. The van der Waals surface area contributed by atoms with Crippen molar-refractivity contribution in [2.24, 2.45) is 0 Å². The maximum Gasteiger partial charge on any atom is 0.181 e. The highest BCUT2D eigenvalue weighted by Crippen LogP contribution is 2.25. The summed E-state index contributed by atoms with van der Waals surface area (Å²) in [6, 6.07) is 13.2. The lowest BCUT2D eigenvalue weighted by atomic mass is 10.2. The zero-order valence-electron chi connectivity index (χ0n) is 14.8. The minimum Gasteiger partial charge on any atom is -0.374 e. The molecule has 1 aliphatic rings. The molecule has 0 bridgehead atoms. The highest BCUT2D eigenvalue weighted by atomic mass is 35.5. The van der Waals surface area contributed by atoms with Crippen molar-refractivity contribution in [2.75, 3.05) is 31.1 Å². The van der Waals surface area contributed by atoms with Crippen LogP contribution in [0.4, 0.5) is 5.69 Å². The van der Waals surface area contributed by atoms with Gasteiger partial charge in [0.1, 0.15) is 0 Å². The van der Waals surface area contributed by atoms with Crippen LogP contribution in [0.5, 0.6) is 0 Å². The van der Waals surface area contributed by atoms with Gasteiger partial charge < -0.3 is 9.80 Å². The Bertz CT molecular complexity index is 995. The third kappa shape index (κ3) is 4.24. The normalized spacial score (nSPS) is 14.8. The molecule has 1 aliphatic heterocycles. The summed E-state index contributed by atoms with van der Waals surface area (Å²) in [6.07, 6.45) is 3.92. The van der Waals surface area contributed by atoms with Gasteiger partial charge in [-0.3, -0.25) is 0 Å². The molecule has 3 aromatic rings. The zero-order valence-corrected chi connectivity index (χ0v) is 17.1. The zero-order chi connectivity index (χ0) is 19.5. The van der Waals surface area contributed by atoms with Crippen LogP contribution < -0.4 is 4.90 Å². The molecule has 0 N–H and O–H groups in total. The summed E-state index contributed by atoms with van der Waals surface area (Å²) in [4.78, 5) is 4.57. The number of tetrazole rings is 1. The summed E-state index contributed by atoms with van der Waals surface area (Å²) in [5.74, 6) is 0.621. The monoisotopic (exact) mass is 434 g/mol. The van der Waals surface area contributed by atoms with Gasteiger partial charge in [-0.15, -0.1) is 5.10 Å². The van der Waals surface area contributed by atoms with Gasteiger partial charge in [-0.05, 0) is 46.8 Å². The van der Waals surface area contributed by atoms with E-state index in [4.69, 9.17) is 34.8 Å². The maximum absolute atomic E-state index is 6.10. The van der Waals surface area contributed by atoms with Crippen LogP contribution in [-0.4, -0.2) is 51.3 Å². The summed E-state index contributed by atoms with van der Waals surface area (Å²) in [5, 5.41) is 13.6. The van der Waals surface area contributed by atoms with Crippen LogP contribution in [0.15, 0.2) is 48.7 Å². The average Bonchev–Trinajstić information content (AvgIpc) is 3.17. The number of nitrogens with zero attached hydrogens (tertiary/aromatic N) is 6. The second-order valence-corrected chi connectivity index (χ2v) is 7.62. The molecule has 28 heavy (non-hydrogen) atoms. The van der Waals surface area contributed by atoms with Crippen molar-refractivity contribution >= 4 is 46.6 Å². The van der Waals surface area contributed by atoms with Crippen molar-refractivity contribution in [3.05, 3.63) is 69.6 Å². The minimum atomic E-state index is 0.460. The fourth-order valence-electron chi connectivity index (χ4n) is 3.07. The number of piperazine rings is 1. The van der Waals surface area contributed by atoms with Gasteiger partial charge in [-0.1, -0.05) is 40.9 Å². The second kappa shape index (κ2) is 8.39. The fourth-order valence-corrected chi connectivity index (χ4v) is 3.55. The third-order valence-corrected chi connectivity index (χ3v) is 5.54. The van der Waals surface area contributed by atoms with E-state index in [1.807, 2.05) is 36.5 Å². The molecule has 0 saturated carbocycles. The Morgan fingerprint density at radius 1 is 0.857 bits per heavy atom. The molecule has 2 heterocycles. The number of anilines is 1. The average molecular weight is 436 g/mol. The summed E-state index contributed by atoms with van der Waals surface area (Å²) >= 11 is 18.2. The summed E-state index contributed by atoms with van der Waals surface area (Å²) in [6.45, 7) is 3.64. The summed E-state index contributed by atoms with van der Waals surface area (Å²) < 4.78 is 1.63. The van der Waals surface area contributed by atoms with Gasteiger partial charge in [-0.2, -0.15) is 4.68 Å². The Balaban J connectivity index is 1.42. The predicted octanol–water partition coefficient (Wildman–Crippen LogP) is 4.42. The molecule has 0 radical (unpaired) electrons. The van der Waals surface area contributed by atoms with E-state index in [1.165, 1.54) is 0 Å². The first kappa shape index (κ1) is 19.1. The van der Waals surface area contributed by atoms with Gasteiger partial charge in [0, 0.05) is 49.2 Å². The first-order valence-electron chi connectivity index (χ1n) is 8.77. The lowest BCUT2D eigenvalue weighted by Gasteiger charge is -2.35. The highest BCUT2D eigenvalue weighted by molar-refractivity contribution is 6.42. The Kier molecular flexibility index (Phi) is 5.71. The molecule has 0 unspecified atom stereocenters. The molecular weight excluding hydrogens is 419 g/mol. The van der Waals surface area contributed by atoms with Crippen molar-refractivity contribution < 1.29 is 0 Å². The summed E-state index contributed by atoms with van der Waals surface area (Å²) in [5.41, 5.74) is 1.91.